The van der Waals surface area contributed by atoms with Crippen molar-refractivity contribution in [1.82, 2.24) is 0 Å². The van der Waals surface area contributed by atoms with Gasteiger partial charge in [-0.2, -0.15) is 0 Å². The lowest BCUT2D eigenvalue weighted by Crippen LogP contribution is -2.03. The van der Waals surface area contributed by atoms with E-state index in [-0.39, 0.29) is 5.82 Å². The number of halogens is 3. The molecule has 0 aliphatic rings. The first kappa shape index (κ1) is 15.1. The molecule has 0 bridgehead atoms. The lowest BCUT2D eigenvalue weighted by Gasteiger charge is -2.13. The van der Waals surface area contributed by atoms with Crippen molar-refractivity contribution < 1.29 is 9.13 Å². The van der Waals surface area contributed by atoms with Gasteiger partial charge in [-0.3, -0.25) is 0 Å². The molecule has 2 aromatic rings. The fourth-order valence-electron chi connectivity index (χ4n) is 1.76. The Balaban J connectivity index is 2.11. The molecule has 106 valence electrons. The van der Waals surface area contributed by atoms with E-state index < -0.39 is 0 Å². The zero-order chi connectivity index (χ0) is 14.5. The number of hydrogen-bond donors (Lipinski definition) is 1. The molecule has 2 rings (SSSR count). The van der Waals surface area contributed by atoms with Crippen LogP contribution in [-0.4, -0.2) is 6.61 Å². The van der Waals surface area contributed by atoms with E-state index >= 15 is 0 Å². The third kappa shape index (κ3) is 3.87. The van der Waals surface area contributed by atoms with Crippen molar-refractivity contribution in [3.63, 3.8) is 0 Å². The molecule has 0 unspecified atom stereocenters. The summed E-state index contributed by atoms with van der Waals surface area (Å²) in [5.41, 5.74) is 1.83. The Hall–Kier alpha value is -1.26. The Morgan fingerprint density at radius 2 is 2.05 bits per heavy atom. The molecule has 0 saturated carbocycles. The van der Waals surface area contributed by atoms with Crippen molar-refractivity contribution >= 4 is 33.2 Å². The van der Waals surface area contributed by atoms with E-state index in [1.54, 1.807) is 6.07 Å². The standard InChI is InChI=1S/C15H14BrClFNO/c1-2-20-15-8-11(18)4-6-14(15)19-9-10-3-5-13(17)12(16)7-10/h3-8,19H,2,9H2,1H3. The minimum atomic E-state index is -0.312. The highest BCUT2D eigenvalue weighted by molar-refractivity contribution is 9.10. The Morgan fingerprint density at radius 1 is 1.25 bits per heavy atom. The van der Waals surface area contributed by atoms with Gasteiger partial charge in [-0.05, 0) is 52.7 Å². The predicted octanol–water partition coefficient (Wildman–Crippen LogP) is 5.25. The minimum absolute atomic E-state index is 0.312. The summed E-state index contributed by atoms with van der Waals surface area (Å²) in [5.74, 6) is 0.203. The van der Waals surface area contributed by atoms with E-state index in [1.165, 1.54) is 12.1 Å². The molecule has 2 aromatic carbocycles. The molecule has 0 spiro atoms. The monoisotopic (exact) mass is 357 g/mol. The quantitative estimate of drug-likeness (QED) is 0.788. The molecule has 0 saturated heterocycles. The van der Waals surface area contributed by atoms with Crippen LogP contribution < -0.4 is 10.1 Å². The van der Waals surface area contributed by atoms with Gasteiger partial charge in [0.15, 0.2) is 0 Å². The fourth-order valence-corrected chi connectivity index (χ4v) is 2.31. The van der Waals surface area contributed by atoms with Gasteiger partial charge in [0.2, 0.25) is 0 Å². The second kappa shape index (κ2) is 6.95. The summed E-state index contributed by atoms with van der Waals surface area (Å²) in [5, 5.41) is 3.90. The Morgan fingerprint density at radius 3 is 2.75 bits per heavy atom. The number of benzene rings is 2. The van der Waals surface area contributed by atoms with Crippen LogP contribution in [0.25, 0.3) is 0 Å². The van der Waals surface area contributed by atoms with Crippen LogP contribution in [0.1, 0.15) is 12.5 Å². The Bertz CT molecular complexity index is 606. The number of hydrogen-bond acceptors (Lipinski definition) is 2. The van der Waals surface area contributed by atoms with E-state index in [2.05, 4.69) is 21.2 Å². The smallest absolute Gasteiger partial charge is 0.145 e. The van der Waals surface area contributed by atoms with Crippen molar-refractivity contribution in [2.24, 2.45) is 0 Å². The van der Waals surface area contributed by atoms with Crippen LogP contribution in [0, 0.1) is 5.82 Å². The summed E-state index contributed by atoms with van der Waals surface area (Å²) < 4.78 is 19.5. The van der Waals surface area contributed by atoms with Gasteiger partial charge in [0, 0.05) is 17.1 Å². The average Bonchev–Trinajstić information content (AvgIpc) is 2.42. The summed E-state index contributed by atoms with van der Waals surface area (Å²) in [6, 6.07) is 10.2. The van der Waals surface area contributed by atoms with Crippen molar-refractivity contribution in [2.45, 2.75) is 13.5 Å². The molecule has 5 heteroatoms. The molecule has 2 nitrogen and oxygen atoms in total. The van der Waals surface area contributed by atoms with Crippen molar-refractivity contribution in [3.05, 3.63) is 57.3 Å². The number of nitrogens with one attached hydrogen (secondary N) is 1. The first-order valence-corrected chi connectivity index (χ1v) is 7.37. The van der Waals surface area contributed by atoms with Gasteiger partial charge < -0.3 is 10.1 Å². The number of ether oxygens (including phenoxy) is 1. The van der Waals surface area contributed by atoms with E-state index in [4.69, 9.17) is 16.3 Å². The van der Waals surface area contributed by atoms with Crippen LogP contribution in [0.15, 0.2) is 40.9 Å². The van der Waals surface area contributed by atoms with Crippen LogP contribution in [0.5, 0.6) is 5.75 Å². The molecule has 0 aliphatic carbocycles. The van der Waals surface area contributed by atoms with E-state index in [0.29, 0.717) is 23.9 Å². The van der Waals surface area contributed by atoms with Crippen LogP contribution in [0.3, 0.4) is 0 Å². The molecule has 0 amide bonds. The summed E-state index contributed by atoms with van der Waals surface area (Å²) in [4.78, 5) is 0. The molecule has 0 radical (unpaired) electrons. The van der Waals surface area contributed by atoms with Gasteiger partial charge >= 0.3 is 0 Å². The van der Waals surface area contributed by atoms with Gasteiger partial charge in [0.05, 0.1) is 17.3 Å². The Labute approximate surface area is 131 Å². The van der Waals surface area contributed by atoms with Crippen molar-refractivity contribution in [3.8, 4) is 5.75 Å². The van der Waals surface area contributed by atoms with Crippen molar-refractivity contribution in [1.29, 1.82) is 0 Å². The van der Waals surface area contributed by atoms with Gasteiger partial charge in [-0.1, -0.05) is 17.7 Å². The number of anilines is 1. The second-order valence-corrected chi connectivity index (χ2v) is 5.44. The third-order valence-corrected chi connectivity index (χ3v) is 3.92. The third-order valence-electron chi connectivity index (χ3n) is 2.71. The molecule has 0 heterocycles. The van der Waals surface area contributed by atoms with E-state index in [9.17, 15) is 4.39 Å². The zero-order valence-electron chi connectivity index (χ0n) is 10.9. The second-order valence-electron chi connectivity index (χ2n) is 4.18. The topological polar surface area (TPSA) is 21.3 Å². The van der Waals surface area contributed by atoms with Gasteiger partial charge in [0.25, 0.3) is 0 Å². The molecular formula is C15H14BrClFNO. The molecule has 0 atom stereocenters. The highest BCUT2D eigenvalue weighted by Gasteiger charge is 2.06. The first-order chi connectivity index (χ1) is 9.60. The number of rotatable bonds is 5. The van der Waals surface area contributed by atoms with Crippen molar-refractivity contribution in [2.75, 3.05) is 11.9 Å². The molecular weight excluding hydrogens is 345 g/mol. The van der Waals surface area contributed by atoms with Crippen LogP contribution >= 0.6 is 27.5 Å². The largest absolute Gasteiger partial charge is 0.492 e. The predicted molar refractivity (Wildman–Crippen MR) is 84.0 cm³/mol. The Kier molecular flexibility index (Phi) is 5.26. The van der Waals surface area contributed by atoms with Crippen LogP contribution in [0.2, 0.25) is 5.02 Å². The van der Waals surface area contributed by atoms with Gasteiger partial charge in [-0.25, -0.2) is 4.39 Å². The van der Waals surface area contributed by atoms with Gasteiger partial charge in [-0.15, -0.1) is 0 Å². The lowest BCUT2D eigenvalue weighted by molar-refractivity contribution is 0.340. The maximum Gasteiger partial charge on any atom is 0.145 e. The van der Waals surface area contributed by atoms with E-state index in [0.717, 1.165) is 15.7 Å². The molecule has 1 N–H and O–H groups in total. The normalized spacial score (nSPS) is 10.4. The van der Waals surface area contributed by atoms with Gasteiger partial charge in [0.1, 0.15) is 11.6 Å². The average molecular weight is 359 g/mol. The fraction of sp³-hybridized carbons (Fsp3) is 0.200. The molecule has 20 heavy (non-hydrogen) atoms. The van der Waals surface area contributed by atoms with E-state index in [1.807, 2.05) is 25.1 Å². The highest BCUT2D eigenvalue weighted by Crippen LogP contribution is 2.27. The SMILES string of the molecule is CCOc1cc(F)ccc1NCc1ccc(Cl)c(Br)c1. The lowest BCUT2D eigenvalue weighted by atomic mass is 10.2. The van der Waals surface area contributed by atoms with Crippen LogP contribution in [0.4, 0.5) is 10.1 Å². The summed E-state index contributed by atoms with van der Waals surface area (Å²) in [6.07, 6.45) is 0. The first-order valence-electron chi connectivity index (χ1n) is 6.20. The molecule has 0 aliphatic heterocycles. The maximum absolute atomic E-state index is 13.2. The minimum Gasteiger partial charge on any atom is -0.492 e. The zero-order valence-corrected chi connectivity index (χ0v) is 13.3. The maximum atomic E-state index is 13.2. The summed E-state index contributed by atoms with van der Waals surface area (Å²) >= 11 is 9.34. The summed E-state index contributed by atoms with van der Waals surface area (Å²) in [7, 11) is 0. The summed E-state index contributed by atoms with van der Waals surface area (Å²) in [6.45, 7) is 2.96. The molecule has 0 fully saturated rings. The highest BCUT2D eigenvalue weighted by atomic mass is 79.9. The molecule has 0 aromatic heterocycles. The van der Waals surface area contributed by atoms with Crippen LogP contribution in [-0.2, 0) is 6.54 Å².